The normalized spacial score (nSPS) is 11.8. The van der Waals surface area contributed by atoms with Gasteiger partial charge in [-0.1, -0.05) is 53.5 Å². The van der Waals surface area contributed by atoms with E-state index in [0.717, 1.165) is 22.5 Å². The van der Waals surface area contributed by atoms with Gasteiger partial charge in [-0.15, -0.1) is 11.3 Å². The minimum absolute atomic E-state index is 0.0166. The molecule has 3 aromatic rings. The fourth-order valence-electron chi connectivity index (χ4n) is 2.42. The average Bonchev–Trinajstić information content (AvgIpc) is 3.12. The lowest BCUT2D eigenvalue weighted by molar-refractivity contribution is 0.588. The Hall–Kier alpha value is -1.31. The second-order valence-corrected chi connectivity index (χ2v) is 9.19. The summed E-state index contributed by atoms with van der Waals surface area (Å²) in [6.45, 7) is 0.556. The molecule has 0 saturated carbocycles. The van der Waals surface area contributed by atoms with E-state index in [1.165, 1.54) is 10.0 Å². The van der Waals surface area contributed by atoms with Crippen LogP contribution in [0, 0.1) is 0 Å². The van der Waals surface area contributed by atoms with Gasteiger partial charge in [-0.25, -0.2) is 12.4 Å². The quantitative estimate of drug-likeness (QED) is 0.686. The van der Waals surface area contributed by atoms with Crippen LogP contribution in [0.1, 0.15) is 5.56 Å². The number of nitrogens with one attached hydrogen (secondary N) is 1. The van der Waals surface area contributed by atoms with Crippen LogP contribution < -0.4 is 5.32 Å². The molecule has 2 heterocycles. The molecule has 0 atom stereocenters. The third kappa shape index (κ3) is 3.25. The van der Waals surface area contributed by atoms with Gasteiger partial charge in [0.1, 0.15) is 9.23 Å². The summed E-state index contributed by atoms with van der Waals surface area (Å²) in [5.41, 5.74) is 2.25. The third-order valence-electron chi connectivity index (χ3n) is 3.46. The zero-order valence-electron chi connectivity index (χ0n) is 12.7. The van der Waals surface area contributed by atoms with E-state index in [-0.39, 0.29) is 9.23 Å². The highest BCUT2D eigenvalue weighted by atomic mass is 35.5. The van der Waals surface area contributed by atoms with Crippen molar-refractivity contribution in [3.63, 3.8) is 0 Å². The minimum atomic E-state index is -3.84. The third-order valence-corrected chi connectivity index (χ3v) is 6.88. The predicted octanol–water partition coefficient (Wildman–Crippen LogP) is 4.48. The van der Waals surface area contributed by atoms with Gasteiger partial charge in [0.15, 0.2) is 0 Å². The molecule has 4 nitrogen and oxygen atoms in total. The number of rotatable bonds is 5. The number of nitrogens with zero attached hydrogens (tertiary/aromatic N) is 1. The highest BCUT2D eigenvalue weighted by molar-refractivity contribution is 7.90. The Kier molecular flexibility index (Phi) is 5.03. The van der Waals surface area contributed by atoms with Crippen LogP contribution in [0.3, 0.4) is 0 Å². The molecule has 24 heavy (non-hydrogen) atoms. The number of benzene rings is 1. The summed E-state index contributed by atoms with van der Waals surface area (Å²) in [5.74, 6) is 0. The maximum Gasteiger partial charge on any atom is 0.270 e. The lowest BCUT2D eigenvalue weighted by Gasteiger charge is -2.09. The van der Waals surface area contributed by atoms with Crippen LogP contribution in [0.25, 0.3) is 11.3 Å². The minimum Gasteiger partial charge on any atom is -0.316 e. The summed E-state index contributed by atoms with van der Waals surface area (Å²) >= 11 is 13.0. The summed E-state index contributed by atoms with van der Waals surface area (Å²) in [4.78, 5) is 0.0166. The van der Waals surface area contributed by atoms with Crippen LogP contribution in [0.5, 0.6) is 0 Å². The standard InChI is InChI=1S/C16H14Cl2N2O2S2/c1-19-9-11-7-13(12-5-3-2-4-6-12)20(10-11)24(21,22)14-8-15(17)23-16(14)18/h2-8,10,19H,9H2,1H3. The van der Waals surface area contributed by atoms with Crippen LogP contribution in [0.4, 0.5) is 0 Å². The van der Waals surface area contributed by atoms with Crippen molar-refractivity contribution >= 4 is 44.6 Å². The van der Waals surface area contributed by atoms with Gasteiger partial charge in [-0.05, 0) is 30.3 Å². The lowest BCUT2D eigenvalue weighted by Crippen LogP contribution is -2.13. The topological polar surface area (TPSA) is 51.1 Å². The molecule has 0 aliphatic carbocycles. The van der Waals surface area contributed by atoms with E-state index in [2.05, 4.69) is 5.32 Å². The Balaban J connectivity index is 2.21. The molecular formula is C16H14Cl2N2O2S2. The zero-order valence-corrected chi connectivity index (χ0v) is 15.8. The monoisotopic (exact) mass is 400 g/mol. The fraction of sp³-hybridized carbons (Fsp3) is 0.125. The number of aromatic nitrogens is 1. The van der Waals surface area contributed by atoms with Crippen molar-refractivity contribution in [2.45, 2.75) is 11.4 Å². The van der Waals surface area contributed by atoms with E-state index in [1.54, 1.807) is 6.20 Å². The summed E-state index contributed by atoms with van der Waals surface area (Å²) in [5, 5.41) is 3.03. The van der Waals surface area contributed by atoms with Gasteiger partial charge < -0.3 is 5.32 Å². The molecule has 0 amide bonds. The van der Waals surface area contributed by atoms with Crippen molar-refractivity contribution in [2.24, 2.45) is 0 Å². The first-order valence-electron chi connectivity index (χ1n) is 7.05. The number of halogens is 2. The first-order valence-corrected chi connectivity index (χ1v) is 10.1. The molecule has 1 aromatic carbocycles. The maximum atomic E-state index is 13.1. The van der Waals surface area contributed by atoms with E-state index in [0.29, 0.717) is 16.6 Å². The SMILES string of the molecule is CNCc1cc(-c2ccccc2)n(S(=O)(=O)c2cc(Cl)sc2Cl)c1. The molecule has 126 valence electrons. The van der Waals surface area contributed by atoms with Gasteiger partial charge in [0.05, 0.1) is 10.0 Å². The van der Waals surface area contributed by atoms with E-state index in [4.69, 9.17) is 23.2 Å². The molecular weight excluding hydrogens is 387 g/mol. The molecule has 3 rings (SSSR count). The second kappa shape index (κ2) is 6.90. The first-order chi connectivity index (χ1) is 11.4. The molecule has 0 saturated heterocycles. The predicted molar refractivity (Wildman–Crippen MR) is 99.6 cm³/mol. The number of thiophene rings is 1. The van der Waals surface area contributed by atoms with Crippen molar-refractivity contribution in [3.05, 3.63) is 62.9 Å². The Morgan fingerprint density at radius 1 is 1.17 bits per heavy atom. The molecule has 0 aliphatic rings. The van der Waals surface area contributed by atoms with Crippen molar-refractivity contribution < 1.29 is 8.42 Å². The van der Waals surface area contributed by atoms with E-state index < -0.39 is 10.0 Å². The average molecular weight is 401 g/mol. The van der Waals surface area contributed by atoms with Crippen molar-refractivity contribution in [1.29, 1.82) is 0 Å². The van der Waals surface area contributed by atoms with E-state index in [1.807, 2.05) is 43.4 Å². The van der Waals surface area contributed by atoms with Gasteiger partial charge in [-0.2, -0.15) is 0 Å². The molecule has 8 heteroatoms. The largest absolute Gasteiger partial charge is 0.316 e. The summed E-state index contributed by atoms with van der Waals surface area (Å²) in [7, 11) is -2.03. The van der Waals surface area contributed by atoms with Gasteiger partial charge in [0.2, 0.25) is 0 Å². The van der Waals surface area contributed by atoms with Crippen LogP contribution in [-0.4, -0.2) is 19.4 Å². The van der Waals surface area contributed by atoms with Crippen LogP contribution in [-0.2, 0) is 16.6 Å². The fourth-order valence-corrected chi connectivity index (χ4v) is 5.94. The first kappa shape index (κ1) is 17.5. The van der Waals surface area contributed by atoms with Crippen molar-refractivity contribution in [1.82, 2.24) is 9.29 Å². The molecule has 1 N–H and O–H groups in total. The lowest BCUT2D eigenvalue weighted by atomic mass is 10.1. The Labute approximate surface area is 154 Å². The number of hydrogen-bond acceptors (Lipinski definition) is 4. The van der Waals surface area contributed by atoms with Crippen molar-refractivity contribution in [3.8, 4) is 11.3 Å². The summed E-state index contributed by atoms with van der Waals surface area (Å²) in [6, 6.07) is 12.6. The Bertz CT molecular complexity index is 963. The van der Waals surface area contributed by atoms with Crippen LogP contribution in [0.15, 0.2) is 53.6 Å². The van der Waals surface area contributed by atoms with E-state index in [9.17, 15) is 8.42 Å². The van der Waals surface area contributed by atoms with Crippen LogP contribution >= 0.6 is 34.5 Å². The maximum absolute atomic E-state index is 13.1. The summed E-state index contributed by atoms with van der Waals surface area (Å²) < 4.78 is 27.9. The Morgan fingerprint density at radius 3 is 2.46 bits per heavy atom. The second-order valence-electron chi connectivity index (χ2n) is 5.12. The zero-order chi connectivity index (χ0) is 17.3. The molecule has 0 spiro atoms. The summed E-state index contributed by atoms with van der Waals surface area (Å²) in [6.07, 6.45) is 1.61. The van der Waals surface area contributed by atoms with Gasteiger partial charge in [0.25, 0.3) is 10.0 Å². The van der Waals surface area contributed by atoms with Crippen molar-refractivity contribution in [2.75, 3.05) is 7.05 Å². The van der Waals surface area contributed by atoms with Gasteiger partial charge in [-0.3, -0.25) is 0 Å². The molecule has 0 bridgehead atoms. The Morgan fingerprint density at radius 2 is 1.88 bits per heavy atom. The van der Waals surface area contributed by atoms with Gasteiger partial charge in [0, 0.05) is 12.7 Å². The molecule has 0 fully saturated rings. The smallest absolute Gasteiger partial charge is 0.270 e. The molecule has 0 aliphatic heterocycles. The molecule has 0 radical (unpaired) electrons. The molecule has 2 aromatic heterocycles. The molecule has 0 unspecified atom stereocenters. The van der Waals surface area contributed by atoms with E-state index >= 15 is 0 Å². The van der Waals surface area contributed by atoms with Crippen LogP contribution in [0.2, 0.25) is 8.67 Å². The van der Waals surface area contributed by atoms with Gasteiger partial charge >= 0.3 is 0 Å². The highest BCUT2D eigenvalue weighted by Gasteiger charge is 2.26. The highest BCUT2D eigenvalue weighted by Crippen LogP contribution is 2.37. The number of hydrogen-bond donors (Lipinski definition) is 1.